The molecule has 82 valence electrons. The van der Waals surface area contributed by atoms with E-state index in [-0.39, 0.29) is 5.82 Å². The van der Waals surface area contributed by atoms with E-state index in [2.05, 4.69) is 20.4 Å². The van der Waals surface area contributed by atoms with Gasteiger partial charge in [-0.2, -0.15) is 0 Å². The third-order valence-corrected chi connectivity index (χ3v) is 1.97. The Hall–Kier alpha value is -1.31. The lowest BCUT2D eigenvalue weighted by Crippen LogP contribution is -2.06. The predicted molar refractivity (Wildman–Crippen MR) is 60.6 cm³/mol. The van der Waals surface area contributed by atoms with Crippen molar-refractivity contribution in [3.63, 3.8) is 0 Å². The van der Waals surface area contributed by atoms with Gasteiger partial charge in [0.2, 0.25) is 0 Å². The fourth-order valence-electron chi connectivity index (χ4n) is 1.24. The standard InChI is InChI=1S/C13H17FO/c1-4-5-11-6-7-12(14)8-13(11)15-9-10(2)3/h4,6-8,10H,1,5,9H2,2-3H3. The van der Waals surface area contributed by atoms with E-state index in [0.29, 0.717) is 24.7 Å². The first-order valence-corrected chi connectivity index (χ1v) is 5.15. The van der Waals surface area contributed by atoms with Crippen LogP contribution in [0.3, 0.4) is 0 Å². The molecular formula is C13H17FO. The first-order valence-electron chi connectivity index (χ1n) is 5.15. The summed E-state index contributed by atoms with van der Waals surface area (Å²) in [6, 6.07) is 4.62. The SMILES string of the molecule is C=CCc1ccc(F)cc1OCC(C)C. The molecule has 0 bridgehead atoms. The zero-order valence-electron chi connectivity index (χ0n) is 9.29. The zero-order valence-corrected chi connectivity index (χ0v) is 9.29. The van der Waals surface area contributed by atoms with Crippen LogP contribution in [0.2, 0.25) is 0 Å². The minimum absolute atomic E-state index is 0.262. The molecule has 0 saturated heterocycles. The van der Waals surface area contributed by atoms with Crippen molar-refractivity contribution in [1.29, 1.82) is 0 Å². The first kappa shape index (κ1) is 11.8. The van der Waals surface area contributed by atoms with Crippen LogP contribution in [0.4, 0.5) is 4.39 Å². The molecule has 0 heterocycles. The van der Waals surface area contributed by atoms with E-state index in [9.17, 15) is 4.39 Å². The van der Waals surface area contributed by atoms with Crippen molar-refractivity contribution in [2.75, 3.05) is 6.61 Å². The Labute approximate surface area is 90.6 Å². The lowest BCUT2D eigenvalue weighted by molar-refractivity contribution is 0.268. The molecule has 1 aromatic rings. The van der Waals surface area contributed by atoms with Crippen LogP contribution < -0.4 is 4.74 Å². The molecule has 0 N–H and O–H groups in total. The molecule has 1 aromatic carbocycles. The lowest BCUT2D eigenvalue weighted by atomic mass is 10.1. The number of halogens is 1. The minimum atomic E-state index is -0.262. The highest BCUT2D eigenvalue weighted by molar-refractivity contribution is 5.35. The van der Waals surface area contributed by atoms with E-state index >= 15 is 0 Å². The molecule has 0 aliphatic rings. The number of ether oxygens (including phenoxy) is 1. The van der Waals surface area contributed by atoms with Gasteiger partial charge >= 0.3 is 0 Å². The number of allylic oxidation sites excluding steroid dienone is 1. The average Bonchev–Trinajstić information content (AvgIpc) is 2.18. The van der Waals surface area contributed by atoms with Crippen LogP contribution in [-0.4, -0.2) is 6.61 Å². The summed E-state index contributed by atoms with van der Waals surface area (Å²) in [6.45, 7) is 8.39. The summed E-state index contributed by atoms with van der Waals surface area (Å²) < 4.78 is 18.6. The molecule has 0 unspecified atom stereocenters. The normalized spacial score (nSPS) is 10.4. The Morgan fingerprint density at radius 1 is 1.47 bits per heavy atom. The number of hydrogen-bond donors (Lipinski definition) is 0. The summed E-state index contributed by atoms with van der Waals surface area (Å²) in [5, 5.41) is 0. The number of hydrogen-bond acceptors (Lipinski definition) is 1. The van der Waals surface area contributed by atoms with Gasteiger partial charge in [-0.1, -0.05) is 26.0 Å². The number of rotatable bonds is 5. The second-order valence-electron chi connectivity index (χ2n) is 3.95. The van der Waals surface area contributed by atoms with Crippen LogP contribution in [0.25, 0.3) is 0 Å². The third-order valence-electron chi connectivity index (χ3n) is 1.97. The summed E-state index contributed by atoms with van der Waals surface area (Å²) in [5.74, 6) is 0.801. The largest absolute Gasteiger partial charge is 0.493 e. The maximum absolute atomic E-state index is 13.0. The molecule has 0 radical (unpaired) electrons. The van der Waals surface area contributed by atoms with Crippen LogP contribution >= 0.6 is 0 Å². The number of benzene rings is 1. The molecule has 0 aromatic heterocycles. The summed E-state index contributed by atoms with van der Waals surface area (Å²) in [4.78, 5) is 0. The fourth-order valence-corrected chi connectivity index (χ4v) is 1.24. The van der Waals surface area contributed by atoms with Crippen molar-refractivity contribution in [2.45, 2.75) is 20.3 Å². The molecule has 0 fully saturated rings. The van der Waals surface area contributed by atoms with Gasteiger partial charge in [-0.3, -0.25) is 0 Å². The van der Waals surface area contributed by atoms with Gasteiger partial charge in [-0.05, 0) is 24.0 Å². The van der Waals surface area contributed by atoms with Crippen molar-refractivity contribution in [2.24, 2.45) is 5.92 Å². The second kappa shape index (κ2) is 5.54. The molecule has 0 saturated carbocycles. The molecule has 0 spiro atoms. The third kappa shape index (κ3) is 3.74. The van der Waals surface area contributed by atoms with Gasteiger partial charge in [0.05, 0.1) is 6.61 Å². The van der Waals surface area contributed by atoms with Crippen molar-refractivity contribution in [3.05, 3.63) is 42.2 Å². The zero-order chi connectivity index (χ0) is 11.3. The highest BCUT2D eigenvalue weighted by Crippen LogP contribution is 2.21. The van der Waals surface area contributed by atoms with Crippen LogP contribution in [0.1, 0.15) is 19.4 Å². The highest BCUT2D eigenvalue weighted by Gasteiger charge is 2.05. The van der Waals surface area contributed by atoms with Crippen LogP contribution in [0, 0.1) is 11.7 Å². The fraction of sp³-hybridized carbons (Fsp3) is 0.385. The lowest BCUT2D eigenvalue weighted by Gasteiger charge is -2.12. The van der Waals surface area contributed by atoms with E-state index in [1.165, 1.54) is 12.1 Å². The molecular weight excluding hydrogens is 191 g/mol. The van der Waals surface area contributed by atoms with Crippen molar-refractivity contribution in [3.8, 4) is 5.75 Å². The monoisotopic (exact) mass is 208 g/mol. The maximum Gasteiger partial charge on any atom is 0.126 e. The van der Waals surface area contributed by atoms with E-state index in [1.807, 2.05) is 0 Å². The van der Waals surface area contributed by atoms with E-state index in [4.69, 9.17) is 4.74 Å². The van der Waals surface area contributed by atoms with Gasteiger partial charge in [0, 0.05) is 6.07 Å². The van der Waals surface area contributed by atoms with Gasteiger partial charge in [0.15, 0.2) is 0 Å². The average molecular weight is 208 g/mol. The van der Waals surface area contributed by atoms with Crippen molar-refractivity contribution in [1.82, 2.24) is 0 Å². The first-order chi connectivity index (χ1) is 7.13. The second-order valence-corrected chi connectivity index (χ2v) is 3.95. The Morgan fingerprint density at radius 3 is 2.80 bits per heavy atom. The van der Waals surface area contributed by atoms with Crippen LogP contribution in [-0.2, 0) is 6.42 Å². The predicted octanol–water partition coefficient (Wildman–Crippen LogP) is 3.59. The van der Waals surface area contributed by atoms with Gasteiger partial charge in [-0.15, -0.1) is 6.58 Å². The molecule has 0 amide bonds. The van der Waals surface area contributed by atoms with Crippen LogP contribution in [0.5, 0.6) is 5.75 Å². The smallest absolute Gasteiger partial charge is 0.126 e. The summed E-state index contributed by atoms with van der Waals surface area (Å²) in [7, 11) is 0. The maximum atomic E-state index is 13.0. The Kier molecular flexibility index (Phi) is 4.35. The van der Waals surface area contributed by atoms with Gasteiger partial charge in [-0.25, -0.2) is 4.39 Å². The molecule has 1 nitrogen and oxygen atoms in total. The van der Waals surface area contributed by atoms with Crippen LogP contribution in [0.15, 0.2) is 30.9 Å². The van der Waals surface area contributed by atoms with Gasteiger partial charge in [0.1, 0.15) is 11.6 Å². The summed E-state index contributed by atoms with van der Waals surface area (Å²) in [6.07, 6.45) is 2.49. The Morgan fingerprint density at radius 2 is 2.20 bits per heavy atom. The van der Waals surface area contributed by atoms with E-state index in [0.717, 1.165) is 5.56 Å². The molecule has 0 aliphatic carbocycles. The van der Waals surface area contributed by atoms with Gasteiger partial charge in [0.25, 0.3) is 0 Å². The molecule has 0 atom stereocenters. The summed E-state index contributed by atoms with van der Waals surface area (Å²) >= 11 is 0. The Balaban J connectivity index is 2.81. The van der Waals surface area contributed by atoms with Crippen molar-refractivity contribution < 1.29 is 9.13 Å². The minimum Gasteiger partial charge on any atom is -0.493 e. The molecule has 2 heteroatoms. The van der Waals surface area contributed by atoms with E-state index in [1.54, 1.807) is 12.1 Å². The highest BCUT2D eigenvalue weighted by atomic mass is 19.1. The Bertz CT molecular complexity index is 331. The molecule has 1 rings (SSSR count). The summed E-state index contributed by atoms with van der Waals surface area (Å²) in [5.41, 5.74) is 0.979. The molecule has 15 heavy (non-hydrogen) atoms. The quantitative estimate of drug-likeness (QED) is 0.672. The topological polar surface area (TPSA) is 9.23 Å². The molecule has 0 aliphatic heterocycles. The van der Waals surface area contributed by atoms with Crippen molar-refractivity contribution >= 4 is 0 Å². The van der Waals surface area contributed by atoms with E-state index < -0.39 is 0 Å². The van der Waals surface area contributed by atoms with Gasteiger partial charge < -0.3 is 4.74 Å².